The average Bonchev–Trinajstić information content (AvgIpc) is 3.04. The highest BCUT2D eigenvalue weighted by molar-refractivity contribution is 6.00. The third-order valence-corrected chi connectivity index (χ3v) is 5.75. The van der Waals surface area contributed by atoms with Gasteiger partial charge in [-0.25, -0.2) is 14.3 Å². The summed E-state index contributed by atoms with van der Waals surface area (Å²) in [5.74, 6) is -0.00913. The normalized spacial score (nSPS) is 29.0. The molecule has 0 radical (unpaired) electrons. The van der Waals surface area contributed by atoms with Gasteiger partial charge in [0, 0.05) is 31.5 Å². The molecule has 0 bridgehead atoms. The molecular formula is C17H20N6O2. The predicted octanol–water partition coefficient (Wildman–Crippen LogP) is 1.03. The van der Waals surface area contributed by atoms with Crippen LogP contribution in [0.15, 0.2) is 18.5 Å². The van der Waals surface area contributed by atoms with Crippen LogP contribution in [-0.4, -0.2) is 45.7 Å². The quantitative estimate of drug-likeness (QED) is 0.852. The van der Waals surface area contributed by atoms with Crippen molar-refractivity contribution in [3.8, 4) is 0 Å². The van der Waals surface area contributed by atoms with E-state index in [0.717, 1.165) is 23.8 Å². The molecule has 25 heavy (non-hydrogen) atoms. The summed E-state index contributed by atoms with van der Waals surface area (Å²) >= 11 is 0. The van der Waals surface area contributed by atoms with E-state index in [-0.39, 0.29) is 12.5 Å². The van der Waals surface area contributed by atoms with Crippen molar-refractivity contribution in [1.29, 1.82) is 0 Å². The molecule has 2 aliphatic heterocycles. The molecule has 1 saturated carbocycles. The van der Waals surface area contributed by atoms with Gasteiger partial charge in [0.25, 0.3) is 0 Å². The minimum absolute atomic E-state index is 0.267. The van der Waals surface area contributed by atoms with Gasteiger partial charge in [-0.1, -0.05) is 12.8 Å². The first-order valence-corrected chi connectivity index (χ1v) is 8.90. The zero-order valence-corrected chi connectivity index (χ0v) is 13.8. The number of carbonyl (C=O) groups is 2. The average molecular weight is 340 g/mol. The molecule has 2 N–H and O–H groups in total. The summed E-state index contributed by atoms with van der Waals surface area (Å²) in [7, 11) is 0. The summed E-state index contributed by atoms with van der Waals surface area (Å²) in [6.07, 6.45) is 8.67. The Morgan fingerprint density at radius 2 is 2.08 bits per heavy atom. The molecule has 3 atom stereocenters. The first kappa shape index (κ1) is 14.7. The maximum Gasteiger partial charge on any atom is 0.321 e. The number of imidazole rings is 1. The number of nitrogens with zero attached hydrogens (tertiary/aromatic N) is 4. The van der Waals surface area contributed by atoms with E-state index in [1.807, 2.05) is 6.07 Å². The van der Waals surface area contributed by atoms with Gasteiger partial charge < -0.3 is 10.2 Å². The highest BCUT2D eigenvalue weighted by Gasteiger charge is 2.41. The highest BCUT2D eigenvalue weighted by atomic mass is 16.2. The molecule has 3 unspecified atom stereocenters. The Morgan fingerprint density at radius 3 is 2.92 bits per heavy atom. The molecule has 8 heteroatoms. The molecule has 4 heterocycles. The van der Waals surface area contributed by atoms with Crippen LogP contribution in [0.2, 0.25) is 0 Å². The van der Waals surface area contributed by atoms with Crippen molar-refractivity contribution >= 4 is 23.3 Å². The minimum atomic E-state index is -0.480. The number of nitrogens with one attached hydrogen (secondary N) is 2. The van der Waals surface area contributed by atoms with Crippen LogP contribution in [0.25, 0.3) is 5.65 Å². The second kappa shape index (κ2) is 5.44. The lowest BCUT2D eigenvalue weighted by molar-refractivity contribution is -0.122. The zero-order chi connectivity index (χ0) is 17.0. The summed E-state index contributed by atoms with van der Waals surface area (Å²) in [6.45, 7) is 1.31. The molecule has 2 aromatic heterocycles. The van der Waals surface area contributed by atoms with Crippen LogP contribution >= 0.6 is 0 Å². The maximum atomic E-state index is 12.2. The number of anilines is 1. The van der Waals surface area contributed by atoms with E-state index in [4.69, 9.17) is 0 Å². The van der Waals surface area contributed by atoms with Crippen LogP contribution in [-0.2, 0) is 4.79 Å². The molecule has 3 fully saturated rings. The van der Waals surface area contributed by atoms with Crippen molar-refractivity contribution in [2.24, 2.45) is 5.92 Å². The van der Waals surface area contributed by atoms with Gasteiger partial charge >= 0.3 is 6.03 Å². The molecule has 2 aromatic rings. The van der Waals surface area contributed by atoms with Crippen LogP contribution in [0, 0.1) is 5.92 Å². The number of amides is 3. The van der Waals surface area contributed by atoms with E-state index in [2.05, 4.69) is 25.6 Å². The number of carbonyl (C=O) groups excluding carboxylic acids is 2. The van der Waals surface area contributed by atoms with E-state index in [1.54, 1.807) is 16.9 Å². The first-order valence-electron chi connectivity index (χ1n) is 8.90. The summed E-state index contributed by atoms with van der Waals surface area (Å²) in [5, 5.41) is 9.55. The predicted molar refractivity (Wildman–Crippen MR) is 90.4 cm³/mol. The Morgan fingerprint density at radius 1 is 1.20 bits per heavy atom. The molecule has 130 valence electrons. The molecule has 1 aliphatic carbocycles. The van der Waals surface area contributed by atoms with Gasteiger partial charge in [0.15, 0.2) is 5.65 Å². The van der Waals surface area contributed by atoms with Crippen LogP contribution in [0.1, 0.15) is 37.3 Å². The zero-order valence-electron chi connectivity index (χ0n) is 13.8. The Kier molecular flexibility index (Phi) is 3.19. The topological polar surface area (TPSA) is 91.6 Å². The lowest BCUT2D eigenvalue weighted by Gasteiger charge is -2.52. The second-order valence-corrected chi connectivity index (χ2v) is 7.17. The van der Waals surface area contributed by atoms with E-state index in [0.29, 0.717) is 11.7 Å². The van der Waals surface area contributed by atoms with Crippen molar-refractivity contribution in [3.63, 3.8) is 0 Å². The number of rotatable bonds is 2. The summed E-state index contributed by atoms with van der Waals surface area (Å²) < 4.78 is 1.74. The molecule has 2 saturated heterocycles. The van der Waals surface area contributed by atoms with Crippen LogP contribution in [0.4, 0.5) is 10.5 Å². The molecule has 5 rings (SSSR count). The number of urea groups is 1. The van der Waals surface area contributed by atoms with Crippen LogP contribution in [0.3, 0.4) is 0 Å². The standard InChI is InChI=1S/C17H20N6O2/c24-16-11(8-19-17(25)20-16)12-7-14(15-18-5-6-23(15)21-12)22-9-10-3-1-2-4-13(10)22/h5-7,10-11,13H,1-4,8-9H2,(H2,19,20,24,25). The van der Waals surface area contributed by atoms with Crippen molar-refractivity contribution in [2.45, 2.75) is 37.6 Å². The summed E-state index contributed by atoms with van der Waals surface area (Å²) in [5.41, 5.74) is 2.54. The lowest BCUT2D eigenvalue weighted by Crippen LogP contribution is -2.58. The van der Waals surface area contributed by atoms with Gasteiger partial charge in [0.2, 0.25) is 5.91 Å². The van der Waals surface area contributed by atoms with Crippen LogP contribution in [0.5, 0.6) is 0 Å². The van der Waals surface area contributed by atoms with E-state index in [9.17, 15) is 9.59 Å². The molecule has 8 nitrogen and oxygen atoms in total. The summed E-state index contributed by atoms with van der Waals surface area (Å²) in [6, 6.07) is 2.11. The van der Waals surface area contributed by atoms with Gasteiger partial charge in [-0.2, -0.15) is 5.10 Å². The van der Waals surface area contributed by atoms with Gasteiger partial charge in [0.05, 0.1) is 17.3 Å². The Labute approximate surface area is 144 Å². The van der Waals surface area contributed by atoms with Gasteiger partial charge in [0.1, 0.15) is 0 Å². The van der Waals surface area contributed by atoms with Crippen molar-refractivity contribution < 1.29 is 9.59 Å². The molecule has 3 aliphatic rings. The third kappa shape index (κ3) is 2.27. The van der Waals surface area contributed by atoms with Crippen LogP contribution < -0.4 is 15.5 Å². The number of fused-ring (bicyclic) bond motifs is 2. The van der Waals surface area contributed by atoms with E-state index < -0.39 is 11.9 Å². The Balaban J connectivity index is 1.53. The fourth-order valence-electron chi connectivity index (χ4n) is 4.41. The molecule has 0 spiro atoms. The van der Waals surface area contributed by atoms with E-state index in [1.165, 1.54) is 25.7 Å². The van der Waals surface area contributed by atoms with Crippen molar-refractivity contribution in [2.75, 3.05) is 18.0 Å². The first-order chi connectivity index (χ1) is 12.2. The smallest absolute Gasteiger partial charge is 0.321 e. The number of imide groups is 1. The minimum Gasteiger partial charge on any atom is -0.365 e. The number of hydrogen-bond donors (Lipinski definition) is 2. The fraction of sp³-hybridized carbons (Fsp3) is 0.529. The number of aromatic nitrogens is 3. The van der Waals surface area contributed by atoms with E-state index >= 15 is 0 Å². The highest BCUT2D eigenvalue weighted by Crippen LogP contribution is 2.41. The Hall–Kier alpha value is -2.64. The molecular weight excluding hydrogens is 320 g/mol. The van der Waals surface area contributed by atoms with Gasteiger partial charge in [-0.15, -0.1) is 0 Å². The van der Waals surface area contributed by atoms with Gasteiger partial charge in [-0.3, -0.25) is 10.1 Å². The lowest BCUT2D eigenvalue weighted by atomic mass is 9.76. The van der Waals surface area contributed by atoms with Crippen molar-refractivity contribution in [3.05, 3.63) is 24.2 Å². The fourth-order valence-corrected chi connectivity index (χ4v) is 4.41. The maximum absolute atomic E-state index is 12.2. The molecule has 3 amide bonds. The largest absolute Gasteiger partial charge is 0.365 e. The second-order valence-electron chi connectivity index (χ2n) is 7.17. The Bertz CT molecular complexity index is 862. The number of hydrogen-bond acceptors (Lipinski definition) is 5. The summed E-state index contributed by atoms with van der Waals surface area (Å²) in [4.78, 5) is 30.4. The van der Waals surface area contributed by atoms with Gasteiger partial charge in [-0.05, 0) is 24.8 Å². The van der Waals surface area contributed by atoms with Crippen molar-refractivity contribution in [1.82, 2.24) is 25.2 Å². The molecule has 0 aromatic carbocycles. The monoisotopic (exact) mass is 340 g/mol. The SMILES string of the molecule is O=C1NCC(c2cc(N3CC4CCCCC43)c3nccn3n2)C(=O)N1. The third-order valence-electron chi connectivity index (χ3n) is 5.75.